The van der Waals surface area contributed by atoms with Crippen molar-refractivity contribution < 1.29 is 4.79 Å². The molecule has 2 aromatic rings. The third-order valence-electron chi connectivity index (χ3n) is 4.17. The van der Waals surface area contributed by atoms with Crippen LogP contribution in [-0.4, -0.2) is 35.0 Å². The number of nitrogens with zero attached hydrogens (tertiary/aromatic N) is 2. The van der Waals surface area contributed by atoms with Gasteiger partial charge in [-0.1, -0.05) is 18.2 Å². The number of hydrogen-bond donors (Lipinski definition) is 1. The molecule has 0 saturated heterocycles. The summed E-state index contributed by atoms with van der Waals surface area (Å²) < 4.78 is 2.13. The Kier molecular flexibility index (Phi) is 5.02. The van der Waals surface area contributed by atoms with Crippen LogP contribution in [-0.2, 0) is 17.8 Å². The zero-order valence-electron chi connectivity index (χ0n) is 13.2. The normalized spacial score (nSPS) is 11.0. The minimum atomic E-state index is 0.170. The number of rotatable bonds is 6. The smallest absolute Gasteiger partial charge is 0.242 e. The summed E-state index contributed by atoms with van der Waals surface area (Å²) in [6.45, 7) is 8.65. The maximum atomic E-state index is 12.4. The molecular weight excluding hydrogens is 262 g/mol. The van der Waals surface area contributed by atoms with Crippen LogP contribution in [0.15, 0.2) is 24.3 Å². The molecule has 0 saturated carbocycles. The van der Waals surface area contributed by atoms with Gasteiger partial charge in [-0.3, -0.25) is 4.79 Å². The zero-order chi connectivity index (χ0) is 15.4. The summed E-state index contributed by atoms with van der Waals surface area (Å²) in [6, 6.07) is 8.26. The van der Waals surface area contributed by atoms with Gasteiger partial charge in [0, 0.05) is 29.7 Å². The van der Waals surface area contributed by atoms with E-state index >= 15 is 0 Å². The molecule has 1 heterocycles. The minimum absolute atomic E-state index is 0.170. The van der Waals surface area contributed by atoms with Crippen molar-refractivity contribution in [1.82, 2.24) is 9.47 Å². The quantitative estimate of drug-likeness (QED) is 0.886. The van der Waals surface area contributed by atoms with Crippen molar-refractivity contribution >= 4 is 16.8 Å². The lowest BCUT2D eigenvalue weighted by Gasteiger charge is -2.20. The lowest BCUT2D eigenvalue weighted by molar-refractivity contribution is -0.131. The number of nitrogens with two attached hydrogens (primary N) is 1. The van der Waals surface area contributed by atoms with Gasteiger partial charge in [-0.25, -0.2) is 0 Å². The van der Waals surface area contributed by atoms with E-state index in [0.29, 0.717) is 13.1 Å². The Morgan fingerprint density at radius 2 is 1.90 bits per heavy atom. The Bertz CT molecular complexity index is 626. The van der Waals surface area contributed by atoms with Gasteiger partial charge in [0.2, 0.25) is 5.91 Å². The largest absolute Gasteiger partial charge is 0.342 e. The SMILES string of the molecule is CCN(CC)C(=O)Cn1c(C)c(CCN)c2ccccc21. The number of amides is 1. The lowest BCUT2D eigenvalue weighted by atomic mass is 10.1. The number of benzene rings is 1. The first-order valence-corrected chi connectivity index (χ1v) is 7.68. The summed E-state index contributed by atoms with van der Waals surface area (Å²) in [7, 11) is 0. The van der Waals surface area contributed by atoms with Gasteiger partial charge in [0.1, 0.15) is 6.54 Å². The molecule has 2 N–H and O–H groups in total. The van der Waals surface area contributed by atoms with E-state index in [0.717, 1.165) is 30.7 Å². The Labute approximate surface area is 126 Å². The van der Waals surface area contributed by atoms with Gasteiger partial charge < -0.3 is 15.2 Å². The second-order valence-electron chi connectivity index (χ2n) is 5.27. The van der Waals surface area contributed by atoms with Crippen molar-refractivity contribution in [3.05, 3.63) is 35.5 Å². The summed E-state index contributed by atoms with van der Waals surface area (Å²) >= 11 is 0. The first kappa shape index (κ1) is 15.6. The number of fused-ring (bicyclic) bond motifs is 1. The molecule has 1 amide bonds. The highest BCUT2D eigenvalue weighted by Crippen LogP contribution is 2.26. The lowest BCUT2D eigenvalue weighted by Crippen LogP contribution is -2.33. The summed E-state index contributed by atoms with van der Waals surface area (Å²) in [4.78, 5) is 14.3. The summed E-state index contributed by atoms with van der Waals surface area (Å²) in [5.74, 6) is 0.170. The summed E-state index contributed by atoms with van der Waals surface area (Å²) in [5, 5.41) is 1.22. The molecule has 0 atom stereocenters. The molecule has 0 aliphatic carbocycles. The molecule has 114 valence electrons. The monoisotopic (exact) mass is 287 g/mol. The average Bonchev–Trinajstić information content (AvgIpc) is 2.75. The van der Waals surface area contributed by atoms with Crippen LogP contribution in [0.25, 0.3) is 10.9 Å². The minimum Gasteiger partial charge on any atom is -0.342 e. The van der Waals surface area contributed by atoms with Crippen LogP contribution >= 0.6 is 0 Å². The Hall–Kier alpha value is -1.81. The topological polar surface area (TPSA) is 51.3 Å². The van der Waals surface area contributed by atoms with Crippen molar-refractivity contribution in [1.29, 1.82) is 0 Å². The standard InChI is InChI=1S/C17H25N3O/c1-4-19(5-2)17(21)12-20-13(3)14(10-11-18)15-8-6-7-9-16(15)20/h6-9H,4-5,10-12,18H2,1-3H3. The molecule has 21 heavy (non-hydrogen) atoms. The fraction of sp³-hybridized carbons (Fsp3) is 0.471. The van der Waals surface area contributed by atoms with Crippen LogP contribution < -0.4 is 5.73 Å². The van der Waals surface area contributed by atoms with Crippen LogP contribution in [0.1, 0.15) is 25.1 Å². The number of hydrogen-bond acceptors (Lipinski definition) is 2. The molecule has 0 unspecified atom stereocenters. The molecule has 4 heteroatoms. The van der Waals surface area contributed by atoms with E-state index in [-0.39, 0.29) is 5.91 Å². The second-order valence-corrected chi connectivity index (χ2v) is 5.27. The molecule has 0 spiro atoms. The number of aromatic nitrogens is 1. The molecule has 0 aliphatic rings. The predicted octanol–water partition coefficient (Wildman–Crippen LogP) is 2.32. The van der Waals surface area contributed by atoms with E-state index in [1.807, 2.05) is 30.9 Å². The predicted molar refractivity (Wildman–Crippen MR) is 87.4 cm³/mol. The van der Waals surface area contributed by atoms with Crippen LogP contribution in [0.3, 0.4) is 0 Å². The van der Waals surface area contributed by atoms with Crippen molar-refractivity contribution in [2.45, 2.75) is 33.7 Å². The number of carbonyl (C=O) groups is 1. The molecular formula is C17H25N3O. The van der Waals surface area contributed by atoms with E-state index < -0.39 is 0 Å². The third-order valence-corrected chi connectivity index (χ3v) is 4.17. The first-order chi connectivity index (χ1) is 10.1. The van der Waals surface area contributed by atoms with Crippen LogP contribution in [0.2, 0.25) is 0 Å². The number of para-hydroxylation sites is 1. The van der Waals surface area contributed by atoms with Gasteiger partial charge in [0.25, 0.3) is 0 Å². The van der Waals surface area contributed by atoms with Crippen molar-refractivity contribution in [3.8, 4) is 0 Å². The number of likely N-dealkylation sites (N-methyl/N-ethyl adjacent to an activating group) is 1. The Morgan fingerprint density at radius 1 is 1.24 bits per heavy atom. The summed E-state index contributed by atoms with van der Waals surface area (Å²) in [5.41, 5.74) is 9.28. The first-order valence-electron chi connectivity index (χ1n) is 7.68. The fourth-order valence-electron chi connectivity index (χ4n) is 2.98. The maximum absolute atomic E-state index is 12.4. The van der Waals surface area contributed by atoms with Gasteiger partial charge in [-0.05, 0) is 45.4 Å². The number of carbonyl (C=O) groups excluding carboxylic acids is 1. The molecule has 1 aromatic carbocycles. The van der Waals surface area contributed by atoms with Crippen molar-refractivity contribution in [2.75, 3.05) is 19.6 Å². The van der Waals surface area contributed by atoms with Crippen LogP contribution in [0.5, 0.6) is 0 Å². The van der Waals surface area contributed by atoms with Gasteiger partial charge in [-0.15, -0.1) is 0 Å². The highest BCUT2D eigenvalue weighted by molar-refractivity contribution is 5.87. The van der Waals surface area contributed by atoms with Gasteiger partial charge in [0.15, 0.2) is 0 Å². The van der Waals surface area contributed by atoms with E-state index in [4.69, 9.17) is 5.73 Å². The maximum Gasteiger partial charge on any atom is 0.242 e. The van der Waals surface area contributed by atoms with Crippen LogP contribution in [0, 0.1) is 6.92 Å². The Balaban J connectivity index is 2.44. The zero-order valence-corrected chi connectivity index (χ0v) is 13.2. The molecule has 0 radical (unpaired) electrons. The van der Waals surface area contributed by atoms with Crippen LogP contribution in [0.4, 0.5) is 0 Å². The van der Waals surface area contributed by atoms with Gasteiger partial charge in [-0.2, -0.15) is 0 Å². The van der Waals surface area contributed by atoms with Crippen molar-refractivity contribution in [2.24, 2.45) is 5.73 Å². The van der Waals surface area contributed by atoms with E-state index in [1.54, 1.807) is 0 Å². The molecule has 1 aromatic heterocycles. The molecule has 0 fully saturated rings. The molecule has 2 rings (SSSR count). The molecule has 0 aliphatic heterocycles. The fourth-order valence-corrected chi connectivity index (χ4v) is 2.98. The van der Waals surface area contributed by atoms with Crippen molar-refractivity contribution in [3.63, 3.8) is 0 Å². The van der Waals surface area contributed by atoms with Gasteiger partial charge >= 0.3 is 0 Å². The highest BCUT2D eigenvalue weighted by atomic mass is 16.2. The molecule has 4 nitrogen and oxygen atoms in total. The average molecular weight is 287 g/mol. The Morgan fingerprint density at radius 3 is 2.52 bits per heavy atom. The molecule has 0 bridgehead atoms. The highest BCUT2D eigenvalue weighted by Gasteiger charge is 2.17. The summed E-state index contributed by atoms with van der Waals surface area (Å²) in [6.07, 6.45) is 0.846. The van der Waals surface area contributed by atoms with E-state index in [9.17, 15) is 4.79 Å². The van der Waals surface area contributed by atoms with E-state index in [1.165, 1.54) is 10.9 Å². The van der Waals surface area contributed by atoms with Gasteiger partial charge in [0.05, 0.1) is 0 Å². The third kappa shape index (κ3) is 2.95. The second kappa shape index (κ2) is 6.76. The van der Waals surface area contributed by atoms with E-state index in [2.05, 4.69) is 23.6 Å².